The molecule has 10 heteroatoms. The van der Waals surface area contributed by atoms with Crippen LogP contribution in [0.5, 0.6) is 0 Å². The molecule has 4 N–H and O–H groups in total. The average molecular weight is 366 g/mol. The summed E-state index contributed by atoms with van der Waals surface area (Å²) < 4.78 is 15.0. The molecule has 0 saturated heterocycles. The number of nitrogens with zero attached hydrogens (tertiary/aromatic N) is 3. The molecule has 134 valence electrons. The molecule has 0 aliphatic carbocycles. The number of amides is 3. The van der Waals surface area contributed by atoms with Gasteiger partial charge in [-0.05, 0) is 32.9 Å². The third-order valence-electron chi connectivity index (χ3n) is 3.09. The third-order valence-corrected chi connectivity index (χ3v) is 4.14. The van der Waals surface area contributed by atoms with E-state index in [1.807, 2.05) is 0 Å². The van der Waals surface area contributed by atoms with Gasteiger partial charge in [0.15, 0.2) is 5.82 Å². The average Bonchev–Trinajstić information content (AvgIpc) is 2.88. The molecule has 0 bridgehead atoms. The van der Waals surface area contributed by atoms with Crippen molar-refractivity contribution >= 4 is 23.7 Å². The lowest BCUT2D eigenvalue weighted by Crippen LogP contribution is -2.45. The number of hydrogen-bond acceptors (Lipinski definition) is 6. The normalized spacial score (nSPS) is 12.0. The van der Waals surface area contributed by atoms with E-state index in [1.165, 1.54) is 12.1 Å². The standard InChI is InChI=1S/C15H19FN6O2S/c1-8(2)18-14(24)19-13(23)9(3)25-15-21-20-12(22(15)17)10-6-4-5-7-11(10)16/h4-9H,17H2,1-3H3,(H2,18,19,23,24)/t9-/m1/s1. The fourth-order valence-corrected chi connectivity index (χ4v) is 2.68. The van der Waals surface area contributed by atoms with Crippen LogP contribution in [0.15, 0.2) is 29.4 Å². The molecule has 1 aromatic heterocycles. The van der Waals surface area contributed by atoms with Crippen molar-refractivity contribution in [2.24, 2.45) is 0 Å². The second-order valence-corrected chi connectivity index (χ2v) is 6.84. The van der Waals surface area contributed by atoms with Crippen LogP contribution < -0.4 is 16.5 Å². The molecule has 1 heterocycles. The maximum atomic E-state index is 13.9. The van der Waals surface area contributed by atoms with Gasteiger partial charge in [0, 0.05) is 6.04 Å². The Morgan fingerprint density at radius 2 is 1.92 bits per heavy atom. The Morgan fingerprint density at radius 3 is 2.56 bits per heavy atom. The first-order valence-corrected chi connectivity index (χ1v) is 8.41. The highest BCUT2D eigenvalue weighted by Gasteiger charge is 2.22. The van der Waals surface area contributed by atoms with Gasteiger partial charge < -0.3 is 11.2 Å². The number of nitrogen functional groups attached to an aromatic ring is 1. The third kappa shape index (κ3) is 4.69. The first-order valence-electron chi connectivity index (χ1n) is 7.53. The highest BCUT2D eigenvalue weighted by atomic mass is 32.2. The number of thioether (sulfide) groups is 1. The molecular weight excluding hydrogens is 347 g/mol. The Balaban J connectivity index is 2.07. The van der Waals surface area contributed by atoms with Crippen LogP contribution in [-0.2, 0) is 4.79 Å². The van der Waals surface area contributed by atoms with E-state index in [0.717, 1.165) is 16.4 Å². The number of urea groups is 1. The summed E-state index contributed by atoms with van der Waals surface area (Å²) in [6.07, 6.45) is 0. The van der Waals surface area contributed by atoms with Gasteiger partial charge in [0.05, 0.1) is 10.8 Å². The smallest absolute Gasteiger partial charge is 0.321 e. The van der Waals surface area contributed by atoms with Gasteiger partial charge >= 0.3 is 6.03 Å². The monoisotopic (exact) mass is 366 g/mol. The molecule has 1 atom stereocenters. The molecular formula is C15H19FN6O2S. The quantitative estimate of drug-likeness (QED) is 0.546. The Bertz CT molecular complexity index is 779. The lowest BCUT2D eigenvalue weighted by atomic mass is 10.2. The second-order valence-electron chi connectivity index (χ2n) is 5.53. The van der Waals surface area contributed by atoms with E-state index in [2.05, 4.69) is 20.8 Å². The number of nitrogens with two attached hydrogens (primary N) is 1. The van der Waals surface area contributed by atoms with E-state index >= 15 is 0 Å². The zero-order valence-corrected chi connectivity index (χ0v) is 14.8. The van der Waals surface area contributed by atoms with E-state index in [4.69, 9.17) is 5.84 Å². The van der Waals surface area contributed by atoms with E-state index in [0.29, 0.717) is 0 Å². The molecule has 2 aromatic rings. The first-order chi connectivity index (χ1) is 11.8. The molecule has 0 aliphatic rings. The molecule has 25 heavy (non-hydrogen) atoms. The van der Waals surface area contributed by atoms with Crippen molar-refractivity contribution in [2.45, 2.75) is 37.2 Å². The predicted octanol–water partition coefficient (Wildman–Crippen LogP) is 1.51. The Kier molecular flexibility index (Phi) is 5.97. The number of imide groups is 1. The lowest BCUT2D eigenvalue weighted by Gasteiger charge is -2.12. The summed E-state index contributed by atoms with van der Waals surface area (Å²) in [5.41, 5.74) is 0.206. The van der Waals surface area contributed by atoms with E-state index < -0.39 is 23.0 Å². The molecule has 1 aromatic carbocycles. The van der Waals surface area contributed by atoms with Gasteiger partial charge in [-0.25, -0.2) is 13.9 Å². The Morgan fingerprint density at radius 1 is 1.24 bits per heavy atom. The van der Waals surface area contributed by atoms with Crippen molar-refractivity contribution in [3.8, 4) is 11.4 Å². The van der Waals surface area contributed by atoms with Gasteiger partial charge in [-0.15, -0.1) is 10.2 Å². The number of hydrogen-bond donors (Lipinski definition) is 3. The van der Waals surface area contributed by atoms with Crippen molar-refractivity contribution < 1.29 is 14.0 Å². The summed E-state index contributed by atoms with van der Waals surface area (Å²) in [5, 5.41) is 12.1. The van der Waals surface area contributed by atoms with Crippen LogP contribution >= 0.6 is 11.8 Å². The van der Waals surface area contributed by atoms with Crippen LogP contribution in [-0.4, -0.2) is 38.1 Å². The number of benzene rings is 1. The minimum Gasteiger partial charge on any atom is -0.336 e. The lowest BCUT2D eigenvalue weighted by molar-refractivity contribution is -0.119. The highest BCUT2D eigenvalue weighted by molar-refractivity contribution is 8.00. The van der Waals surface area contributed by atoms with Gasteiger partial charge in [0.2, 0.25) is 11.1 Å². The van der Waals surface area contributed by atoms with E-state index in [9.17, 15) is 14.0 Å². The zero-order valence-electron chi connectivity index (χ0n) is 14.0. The van der Waals surface area contributed by atoms with Crippen molar-refractivity contribution in [2.75, 3.05) is 5.84 Å². The number of halogens is 1. The number of carbonyl (C=O) groups is 2. The molecule has 0 fully saturated rings. The van der Waals surface area contributed by atoms with Gasteiger partial charge in [-0.2, -0.15) is 0 Å². The topological polar surface area (TPSA) is 115 Å². The summed E-state index contributed by atoms with van der Waals surface area (Å²) in [6, 6.07) is 5.37. The molecule has 8 nitrogen and oxygen atoms in total. The molecule has 2 rings (SSSR count). The maximum Gasteiger partial charge on any atom is 0.321 e. The van der Waals surface area contributed by atoms with Crippen molar-refractivity contribution in [3.63, 3.8) is 0 Å². The van der Waals surface area contributed by atoms with E-state index in [-0.39, 0.29) is 22.6 Å². The van der Waals surface area contributed by atoms with Crippen molar-refractivity contribution in [3.05, 3.63) is 30.1 Å². The molecule has 3 amide bonds. The summed E-state index contributed by atoms with van der Waals surface area (Å²) in [5.74, 6) is 5.08. The first kappa shape index (κ1) is 18.7. The molecule has 0 spiro atoms. The molecule has 0 saturated carbocycles. The van der Waals surface area contributed by atoms with Crippen LogP contribution in [0.2, 0.25) is 0 Å². The van der Waals surface area contributed by atoms with E-state index in [1.54, 1.807) is 32.9 Å². The summed E-state index contributed by atoms with van der Waals surface area (Å²) >= 11 is 1.01. The fourth-order valence-electron chi connectivity index (χ4n) is 1.91. The van der Waals surface area contributed by atoms with Gasteiger partial charge in [0.1, 0.15) is 5.82 Å². The Hall–Kier alpha value is -2.62. The molecule has 0 aliphatic heterocycles. The van der Waals surface area contributed by atoms with Crippen LogP contribution in [0.4, 0.5) is 9.18 Å². The Labute approximate surface area is 148 Å². The second kappa shape index (κ2) is 7.97. The summed E-state index contributed by atoms with van der Waals surface area (Å²) in [6.45, 7) is 5.16. The minimum atomic E-state index is -0.655. The summed E-state index contributed by atoms with van der Waals surface area (Å²) in [7, 11) is 0. The molecule has 0 radical (unpaired) electrons. The van der Waals surface area contributed by atoms with Gasteiger partial charge in [0.25, 0.3) is 0 Å². The van der Waals surface area contributed by atoms with Crippen molar-refractivity contribution in [1.29, 1.82) is 0 Å². The van der Waals surface area contributed by atoms with Crippen LogP contribution in [0.25, 0.3) is 11.4 Å². The predicted molar refractivity (Wildman–Crippen MR) is 92.7 cm³/mol. The van der Waals surface area contributed by atoms with Gasteiger partial charge in [-0.3, -0.25) is 10.1 Å². The summed E-state index contributed by atoms with van der Waals surface area (Å²) in [4.78, 5) is 23.6. The SMILES string of the molecule is CC(C)NC(=O)NC(=O)[C@@H](C)Sc1nnc(-c2ccccc2F)n1N. The number of nitrogens with one attached hydrogen (secondary N) is 2. The molecule has 0 unspecified atom stereocenters. The fraction of sp³-hybridized carbons (Fsp3) is 0.333. The van der Waals surface area contributed by atoms with Crippen LogP contribution in [0.1, 0.15) is 20.8 Å². The van der Waals surface area contributed by atoms with Crippen LogP contribution in [0, 0.1) is 5.82 Å². The zero-order chi connectivity index (χ0) is 18.6. The number of aromatic nitrogens is 3. The van der Waals surface area contributed by atoms with Gasteiger partial charge in [-0.1, -0.05) is 23.9 Å². The van der Waals surface area contributed by atoms with Crippen LogP contribution in [0.3, 0.4) is 0 Å². The maximum absolute atomic E-state index is 13.9. The number of rotatable bonds is 5. The highest BCUT2D eigenvalue weighted by Crippen LogP contribution is 2.26. The van der Waals surface area contributed by atoms with Crippen molar-refractivity contribution in [1.82, 2.24) is 25.5 Å². The number of carbonyl (C=O) groups excluding carboxylic acids is 2. The largest absolute Gasteiger partial charge is 0.336 e. The minimum absolute atomic E-state index is 0.0915.